The molecule has 0 amide bonds. The number of H-pyrrole nitrogens is 1. The molecule has 0 radical (unpaired) electrons. The van der Waals surface area contributed by atoms with Crippen LogP contribution in [0.4, 0.5) is 0 Å². The van der Waals surface area contributed by atoms with Crippen molar-refractivity contribution < 1.29 is 9.53 Å². The first-order valence-electron chi connectivity index (χ1n) is 5.37. The first-order valence-corrected chi connectivity index (χ1v) is 5.37. The number of hydrogen-bond acceptors (Lipinski definition) is 4. The number of carbonyl (C=O) groups is 1. The zero-order chi connectivity index (χ0) is 12.4. The molecule has 17 heavy (non-hydrogen) atoms. The van der Waals surface area contributed by atoms with Gasteiger partial charge in [0.05, 0.1) is 18.5 Å². The Kier molecular flexibility index (Phi) is 2.95. The summed E-state index contributed by atoms with van der Waals surface area (Å²) in [5, 5.41) is 11.1. The van der Waals surface area contributed by atoms with Gasteiger partial charge in [0.2, 0.25) is 0 Å². The Bertz CT molecular complexity index is 541. The van der Waals surface area contributed by atoms with Crippen LogP contribution in [0.5, 0.6) is 0 Å². The fraction of sp³-hybridized carbons (Fsp3) is 0.364. The van der Waals surface area contributed by atoms with Crippen LogP contribution in [0.25, 0.3) is 5.82 Å². The number of rotatable bonds is 3. The Balaban J connectivity index is 2.36. The van der Waals surface area contributed by atoms with Gasteiger partial charge < -0.3 is 4.74 Å². The van der Waals surface area contributed by atoms with E-state index in [-0.39, 0.29) is 5.97 Å². The average molecular weight is 234 g/mol. The van der Waals surface area contributed by atoms with Gasteiger partial charge in [-0.15, -0.1) is 0 Å². The topological polar surface area (TPSA) is 72.8 Å². The third-order valence-corrected chi connectivity index (χ3v) is 2.41. The highest BCUT2D eigenvalue weighted by Crippen LogP contribution is 2.13. The van der Waals surface area contributed by atoms with Gasteiger partial charge in [0.25, 0.3) is 0 Å². The van der Waals surface area contributed by atoms with Crippen molar-refractivity contribution in [1.29, 1.82) is 0 Å². The van der Waals surface area contributed by atoms with Crippen LogP contribution in [0.2, 0.25) is 0 Å². The molecule has 2 aromatic rings. The predicted molar refractivity (Wildman–Crippen MR) is 61.1 cm³/mol. The summed E-state index contributed by atoms with van der Waals surface area (Å²) in [5.74, 6) is 0.305. The van der Waals surface area contributed by atoms with E-state index >= 15 is 0 Å². The maximum absolute atomic E-state index is 11.6. The third-order valence-electron chi connectivity index (χ3n) is 2.41. The Labute approximate surface area is 98.6 Å². The van der Waals surface area contributed by atoms with E-state index in [9.17, 15) is 4.79 Å². The van der Waals surface area contributed by atoms with Gasteiger partial charge in [0.15, 0.2) is 5.82 Å². The molecule has 2 heterocycles. The molecule has 0 aromatic carbocycles. The summed E-state index contributed by atoms with van der Waals surface area (Å²) in [5.41, 5.74) is 2.12. The lowest BCUT2D eigenvalue weighted by atomic mass is 10.2. The third kappa shape index (κ3) is 2.06. The molecule has 6 nitrogen and oxygen atoms in total. The van der Waals surface area contributed by atoms with Crippen LogP contribution in [0.3, 0.4) is 0 Å². The summed E-state index contributed by atoms with van der Waals surface area (Å²) in [6.07, 6.45) is 1.50. The molecule has 0 aliphatic rings. The monoisotopic (exact) mass is 234 g/mol. The summed E-state index contributed by atoms with van der Waals surface area (Å²) in [6, 6.07) is 1.86. The Morgan fingerprint density at radius 3 is 2.88 bits per heavy atom. The first kappa shape index (κ1) is 11.4. The fourth-order valence-corrected chi connectivity index (χ4v) is 1.56. The van der Waals surface area contributed by atoms with Gasteiger partial charge >= 0.3 is 5.97 Å². The molecule has 0 atom stereocenters. The Hall–Kier alpha value is -2.11. The molecule has 2 aromatic heterocycles. The molecule has 0 spiro atoms. The van der Waals surface area contributed by atoms with E-state index in [2.05, 4.69) is 15.3 Å². The number of nitrogens with zero attached hydrogens (tertiary/aromatic N) is 3. The van der Waals surface area contributed by atoms with Gasteiger partial charge in [-0.3, -0.25) is 5.10 Å². The second kappa shape index (κ2) is 4.40. The fourth-order valence-electron chi connectivity index (χ4n) is 1.56. The van der Waals surface area contributed by atoms with Crippen molar-refractivity contribution in [3.8, 4) is 5.82 Å². The van der Waals surface area contributed by atoms with Gasteiger partial charge in [-0.1, -0.05) is 0 Å². The Morgan fingerprint density at radius 2 is 2.29 bits per heavy atom. The molecule has 0 saturated heterocycles. The van der Waals surface area contributed by atoms with Gasteiger partial charge in [0.1, 0.15) is 5.56 Å². The molecule has 0 saturated carbocycles. The summed E-state index contributed by atoms with van der Waals surface area (Å²) in [7, 11) is 0. The first-order chi connectivity index (χ1) is 8.13. The lowest BCUT2D eigenvalue weighted by Gasteiger charge is -2.01. The minimum absolute atomic E-state index is 0.352. The molecular formula is C11H14N4O2. The van der Waals surface area contributed by atoms with Crippen molar-refractivity contribution in [2.75, 3.05) is 6.61 Å². The maximum Gasteiger partial charge on any atom is 0.341 e. The maximum atomic E-state index is 11.6. The summed E-state index contributed by atoms with van der Waals surface area (Å²) < 4.78 is 6.55. The van der Waals surface area contributed by atoms with E-state index in [0.717, 1.165) is 11.4 Å². The van der Waals surface area contributed by atoms with Crippen LogP contribution in [-0.2, 0) is 4.74 Å². The van der Waals surface area contributed by atoms with E-state index in [1.807, 2.05) is 19.9 Å². The number of aryl methyl sites for hydroxylation is 1. The quantitative estimate of drug-likeness (QED) is 0.814. The van der Waals surface area contributed by atoms with Crippen LogP contribution < -0.4 is 0 Å². The number of carbonyl (C=O) groups excluding carboxylic acids is 1. The second-order valence-corrected chi connectivity index (χ2v) is 3.69. The normalized spacial score (nSPS) is 10.5. The van der Waals surface area contributed by atoms with Crippen molar-refractivity contribution in [3.63, 3.8) is 0 Å². The van der Waals surface area contributed by atoms with Crippen molar-refractivity contribution in [2.45, 2.75) is 20.8 Å². The minimum Gasteiger partial charge on any atom is -0.462 e. The van der Waals surface area contributed by atoms with Crippen LogP contribution in [0.1, 0.15) is 28.7 Å². The van der Waals surface area contributed by atoms with Crippen molar-refractivity contribution >= 4 is 5.97 Å². The molecule has 0 aliphatic heterocycles. The molecule has 6 heteroatoms. The zero-order valence-electron chi connectivity index (χ0n) is 10.0. The van der Waals surface area contributed by atoms with Crippen LogP contribution in [0, 0.1) is 13.8 Å². The van der Waals surface area contributed by atoms with Crippen LogP contribution in [-0.4, -0.2) is 32.6 Å². The van der Waals surface area contributed by atoms with E-state index in [1.54, 1.807) is 11.6 Å². The summed E-state index contributed by atoms with van der Waals surface area (Å²) >= 11 is 0. The lowest BCUT2D eigenvalue weighted by molar-refractivity contribution is 0.0525. The number of nitrogens with one attached hydrogen (secondary N) is 1. The highest BCUT2D eigenvalue weighted by atomic mass is 16.5. The highest BCUT2D eigenvalue weighted by molar-refractivity contribution is 5.90. The standard InChI is InChI=1S/C11H14N4O2/c1-4-17-11(16)9-6-12-15(8(9)3)10-5-7(2)13-14-10/h5-6H,4H2,1-3H3,(H,13,14). The molecular weight excluding hydrogens is 220 g/mol. The average Bonchev–Trinajstić information content (AvgIpc) is 2.85. The van der Waals surface area contributed by atoms with Crippen LogP contribution >= 0.6 is 0 Å². The van der Waals surface area contributed by atoms with Crippen molar-refractivity contribution in [2.24, 2.45) is 0 Å². The second-order valence-electron chi connectivity index (χ2n) is 3.69. The number of ether oxygens (including phenoxy) is 1. The molecule has 0 aliphatic carbocycles. The number of aromatic nitrogens is 4. The SMILES string of the molecule is CCOC(=O)c1cnn(-c2cc(C)[nH]n2)c1C. The number of hydrogen-bond donors (Lipinski definition) is 1. The van der Waals surface area contributed by atoms with E-state index in [4.69, 9.17) is 4.74 Å². The molecule has 2 rings (SSSR count). The molecule has 0 bridgehead atoms. The Morgan fingerprint density at radius 1 is 1.53 bits per heavy atom. The van der Waals surface area contributed by atoms with Crippen molar-refractivity contribution in [3.05, 3.63) is 29.2 Å². The van der Waals surface area contributed by atoms with E-state index in [0.29, 0.717) is 18.0 Å². The molecule has 0 unspecified atom stereocenters. The number of aromatic amines is 1. The number of esters is 1. The van der Waals surface area contributed by atoms with Gasteiger partial charge in [-0.2, -0.15) is 10.2 Å². The van der Waals surface area contributed by atoms with Gasteiger partial charge in [-0.25, -0.2) is 9.48 Å². The minimum atomic E-state index is -0.358. The van der Waals surface area contributed by atoms with Gasteiger partial charge in [0, 0.05) is 11.8 Å². The molecule has 0 fully saturated rings. The molecule has 1 N–H and O–H groups in total. The van der Waals surface area contributed by atoms with Gasteiger partial charge in [-0.05, 0) is 20.8 Å². The molecule has 90 valence electrons. The van der Waals surface area contributed by atoms with Crippen molar-refractivity contribution in [1.82, 2.24) is 20.0 Å². The predicted octanol–water partition coefficient (Wildman–Crippen LogP) is 1.39. The van der Waals surface area contributed by atoms with E-state index < -0.39 is 0 Å². The zero-order valence-corrected chi connectivity index (χ0v) is 10.0. The smallest absolute Gasteiger partial charge is 0.341 e. The summed E-state index contributed by atoms with van der Waals surface area (Å²) in [6.45, 7) is 5.84. The van der Waals surface area contributed by atoms with E-state index in [1.165, 1.54) is 6.20 Å². The largest absolute Gasteiger partial charge is 0.462 e. The lowest BCUT2D eigenvalue weighted by Crippen LogP contribution is -2.07. The van der Waals surface area contributed by atoms with Crippen LogP contribution in [0.15, 0.2) is 12.3 Å². The summed E-state index contributed by atoms with van der Waals surface area (Å²) in [4.78, 5) is 11.6. The highest BCUT2D eigenvalue weighted by Gasteiger charge is 2.16.